The lowest BCUT2D eigenvalue weighted by molar-refractivity contribution is 0.127. The van der Waals surface area contributed by atoms with Crippen LogP contribution in [-0.2, 0) is 13.6 Å². The molecule has 0 radical (unpaired) electrons. The van der Waals surface area contributed by atoms with Gasteiger partial charge in [0.2, 0.25) is 0 Å². The number of nitrogens with zero attached hydrogens (tertiary/aromatic N) is 3. The third-order valence-electron chi connectivity index (χ3n) is 4.04. The fraction of sp³-hybridized carbons (Fsp3) is 0.533. The van der Waals surface area contributed by atoms with Crippen LogP contribution in [0.4, 0.5) is 0 Å². The molecule has 0 aromatic carbocycles. The lowest BCUT2D eigenvalue weighted by Gasteiger charge is -2.17. The molecule has 0 aliphatic carbocycles. The van der Waals surface area contributed by atoms with Crippen LogP contribution in [0.1, 0.15) is 18.9 Å². The minimum atomic E-state index is -0.203. The highest BCUT2D eigenvalue weighted by molar-refractivity contribution is 7.13. The van der Waals surface area contributed by atoms with Gasteiger partial charge in [0.1, 0.15) is 5.69 Å². The molecule has 0 bridgehead atoms. The van der Waals surface area contributed by atoms with Crippen molar-refractivity contribution in [2.24, 2.45) is 13.0 Å². The van der Waals surface area contributed by atoms with E-state index in [1.165, 1.54) is 10.4 Å². The zero-order valence-corrected chi connectivity index (χ0v) is 12.8. The SMILES string of the molecule is CC(O)C1CCN(Cc2cn(C)nc2-c2cccs2)C1. The van der Waals surface area contributed by atoms with E-state index in [4.69, 9.17) is 0 Å². The van der Waals surface area contributed by atoms with E-state index in [1.54, 1.807) is 11.3 Å². The molecule has 1 N–H and O–H groups in total. The zero-order chi connectivity index (χ0) is 14.1. The van der Waals surface area contributed by atoms with E-state index in [1.807, 2.05) is 18.7 Å². The van der Waals surface area contributed by atoms with Crippen molar-refractivity contribution < 1.29 is 5.11 Å². The summed E-state index contributed by atoms with van der Waals surface area (Å²) in [5, 5.41) is 16.4. The highest BCUT2D eigenvalue weighted by Gasteiger charge is 2.26. The van der Waals surface area contributed by atoms with Gasteiger partial charge in [-0.25, -0.2) is 0 Å². The van der Waals surface area contributed by atoms with Crippen LogP contribution in [0.25, 0.3) is 10.6 Å². The van der Waals surface area contributed by atoms with Gasteiger partial charge in [0.15, 0.2) is 0 Å². The first-order valence-corrected chi connectivity index (χ1v) is 7.98. The van der Waals surface area contributed by atoms with Crippen LogP contribution in [0.5, 0.6) is 0 Å². The second-order valence-electron chi connectivity index (χ2n) is 5.68. The summed E-state index contributed by atoms with van der Waals surface area (Å²) in [4.78, 5) is 3.65. The van der Waals surface area contributed by atoms with Gasteiger partial charge in [0.25, 0.3) is 0 Å². The molecule has 108 valence electrons. The van der Waals surface area contributed by atoms with E-state index in [-0.39, 0.29) is 6.10 Å². The first-order valence-electron chi connectivity index (χ1n) is 7.10. The van der Waals surface area contributed by atoms with Gasteiger partial charge in [-0.3, -0.25) is 9.58 Å². The fourth-order valence-electron chi connectivity index (χ4n) is 2.91. The van der Waals surface area contributed by atoms with Gasteiger partial charge in [0, 0.05) is 31.9 Å². The molecule has 0 spiro atoms. The van der Waals surface area contributed by atoms with Crippen LogP contribution in [0.3, 0.4) is 0 Å². The molecule has 1 aliphatic rings. The van der Waals surface area contributed by atoms with Crippen LogP contribution >= 0.6 is 11.3 Å². The zero-order valence-electron chi connectivity index (χ0n) is 12.0. The molecule has 5 heteroatoms. The summed E-state index contributed by atoms with van der Waals surface area (Å²) < 4.78 is 1.90. The Morgan fingerprint density at radius 1 is 1.55 bits per heavy atom. The number of rotatable bonds is 4. The minimum absolute atomic E-state index is 0.203. The van der Waals surface area contributed by atoms with Crippen molar-refractivity contribution in [2.75, 3.05) is 13.1 Å². The number of likely N-dealkylation sites (tertiary alicyclic amines) is 1. The van der Waals surface area contributed by atoms with Crippen LogP contribution in [0, 0.1) is 5.92 Å². The van der Waals surface area contributed by atoms with Crippen molar-refractivity contribution in [3.05, 3.63) is 29.3 Å². The number of hydrogen-bond acceptors (Lipinski definition) is 4. The molecule has 1 saturated heterocycles. The Balaban J connectivity index is 1.75. The summed E-state index contributed by atoms with van der Waals surface area (Å²) in [6.45, 7) is 4.87. The quantitative estimate of drug-likeness (QED) is 0.940. The molecule has 1 aliphatic heterocycles. The number of thiophene rings is 1. The topological polar surface area (TPSA) is 41.3 Å². The normalized spacial score (nSPS) is 21.4. The fourth-order valence-corrected chi connectivity index (χ4v) is 3.66. The highest BCUT2D eigenvalue weighted by atomic mass is 32.1. The predicted octanol–water partition coefficient (Wildman–Crippen LogP) is 2.35. The molecule has 4 nitrogen and oxygen atoms in total. The number of aliphatic hydroxyl groups is 1. The first-order chi connectivity index (χ1) is 9.63. The molecule has 2 aromatic heterocycles. The van der Waals surface area contributed by atoms with Gasteiger partial charge < -0.3 is 5.11 Å². The van der Waals surface area contributed by atoms with Gasteiger partial charge in [-0.1, -0.05) is 6.07 Å². The van der Waals surface area contributed by atoms with Gasteiger partial charge in [-0.05, 0) is 37.3 Å². The number of aromatic nitrogens is 2. The van der Waals surface area contributed by atoms with Crippen LogP contribution in [-0.4, -0.2) is 39.0 Å². The Kier molecular flexibility index (Phi) is 3.92. The summed E-state index contributed by atoms with van der Waals surface area (Å²) in [5.74, 6) is 0.414. The molecule has 2 aromatic rings. The van der Waals surface area contributed by atoms with Crippen molar-refractivity contribution >= 4 is 11.3 Å². The summed E-state index contributed by atoms with van der Waals surface area (Å²) >= 11 is 1.73. The van der Waals surface area contributed by atoms with Crippen LogP contribution in [0.2, 0.25) is 0 Å². The Labute approximate surface area is 123 Å². The van der Waals surface area contributed by atoms with Crippen LogP contribution in [0.15, 0.2) is 23.7 Å². The van der Waals surface area contributed by atoms with Crippen molar-refractivity contribution in [3.8, 4) is 10.6 Å². The molecule has 0 amide bonds. The third kappa shape index (κ3) is 2.80. The minimum Gasteiger partial charge on any atom is -0.393 e. The standard InChI is InChI=1S/C15H21N3OS/c1-11(19)12-5-6-18(9-12)10-13-8-17(2)16-15(13)14-4-3-7-20-14/h3-4,7-8,11-12,19H,5-6,9-10H2,1-2H3. The van der Waals surface area contributed by atoms with Crippen molar-refractivity contribution in [3.63, 3.8) is 0 Å². The van der Waals surface area contributed by atoms with E-state index < -0.39 is 0 Å². The summed E-state index contributed by atoms with van der Waals surface area (Å²) in [6, 6.07) is 4.19. The monoisotopic (exact) mass is 291 g/mol. The lowest BCUT2D eigenvalue weighted by Crippen LogP contribution is -2.24. The Hall–Kier alpha value is -1.17. The molecule has 3 rings (SSSR count). The van der Waals surface area contributed by atoms with Crippen molar-refractivity contribution in [1.29, 1.82) is 0 Å². The van der Waals surface area contributed by atoms with Crippen LogP contribution < -0.4 is 0 Å². The maximum absolute atomic E-state index is 9.70. The second-order valence-corrected chi connectivity index (χ2v) is 6.63. The molecular weight excluding hydrogens is 270 g/mol. The first kappa shape index (κ1) is 13.8. The molecule has 3 heterocycles. The maximum Gasteiger partial charge on any atom is 0.107 e. The molecule has 2 atom stereocenters. The molecule has 20 heavy (non-hydrogen) atoms. The van der Waals surface area contributed by atoms with Gasteiger partial charge >= 0.3 is 0 Å². The highest BCUT2D eigenvalue weighted by Crippen LogP contribution is 2.29. The second kappa shape index (κ2) is 5.68. The molecular formula is C15H21N3OS. The Bertz CT molecular complexity index is 562. The number of hydrogen-bond donors (Lipinski definition) is 1. The molecule has 1 fully saturated rings. The maximum atomic E-state index is 9.70. The third-order valence-corrected chi connectivity index (χ3v) is 4.92. The van der Waals surface area contributed by atoms with E-state index in [9.17, 15) is 5.11 Å². The molecule has 0 saturated carbocycles. The van der Waals surface area contributed by atoms with Crippen molar-refractivity contribution in [1.82, 2.24) is 14.7 Å². The Morgan fingerprint density at radius 3 is 3.05 bits per heavy atom. The van der Waals surface area contributed by atoms with E-state index in [0.29, 0.717) is 5.92 Å². The number of aliphatic hydroxyl groups excluding tert-OH is 1. The average molecular weight is 291 g/mol. The van der Waals surface area contributed by atoms with Gasteiger partial charge in [-0.15, -0.1) is 11.3 Å². The predicted molar refractivity (Wildman–Crippen MR) is 81.6 cm³/mol. The average Bonchev–Trinajstić information content (AvgIpc) is 3.10. The summed E-state index contributed by atoms with van der Waals surface area (Å²) in [5.41, 5.74) is 2.38. The largest absolute Gasteiger partial charge is 0.393 e. The van der Waals surface area contributed by atoms with E-state index >= 15 is 0 Å². The summed E-state index contributed by atoms with van der Waals surface area (Å²) in [6.07, 6.45) is 3.00. The van der Waals surface area contributed by atoms with E-state index in [2.05, 4.69) is 33.7 Å². The van der Waals surface area contributed by atoms with E-state index in [0.717, 1.165) is 31.7 Å². The smallest absolute Gasteiger partial charge is 0.107 e. The Morgan fingerprint density at radius 2 is 2.40 bits per heavy atom. The van der Waals surface area contributed by atoms with Gasteiger partial charge in [-0.2, -0.15) is 5.10 Å². The lowest BCUT2D eigenvalue weighted by atomic mass is 10.0. The number of aryl methyl sites for hydroxylation is 1. The van der Waals surface area contributed by atoms with Gasteiger partial charge in [0.05, 0.1) is 11.0 Å². The summed E-state index contributed by atoms with van der Waals surface area (Å²) in [7, 11) is 1.98. The van der Waals surface area contributed by atoms with Crippen molar-refractivity contribution in [2.45, 2.75) is 26.0 Å². The molecule has 2 unspecified atom stereocenters.